The van der Waals surface area contributed by atoms with Gasteiger partial charge >= 0.3 is 5.76 Å². The van der Waals surface area contributed by atoms with E-state index < -0.39 is 42.7 Å². The Labute approximate surface area is 149 Å². The molecule has 11 heteroatoms. The fourth-order valence-corrected chi connectivity index (χ4v) is 3.48. The first-order valence-electron chi connectivity index (χ1n) is 7.71. The summed E-state index contributed by atoms with van der Waals surface area (Å²) in [6.45, 7) is 5.90. The van der Waals surface area contributed by atoms with Gasteiger partial charge in [-0.05, 0) is 32.9 Å². The molecule has 1 heterocycles. The van der Waals surface area contributed by atoms with Crippen LogP contribution in [0.15, 0.2) is 23.1 Å². The van der Waals surface area contributed by atoms with Gasteiger partial charge in [-0.1, -0.05) is 0 Å². The number of nitrogens with one attached hydrogen (secondary N) is 1. The minimum Gasteiger partial charge on any atom is -0.374 e. The van der Waals surface area contributed by atoms with Crippen molar-refractivity contribution in [2.75, 3.05) is 11.9 Å². The largest absolute Gasteiger partial charge is 0.374 e. The normalized spacial score (nSPS) is 18.5. The van der Waals surface area contributed by atoms with Crippen LogP contribution in [-0.4, -0.2) is 48.0 Å². The number of alkyl halides is 2. The predicted octanol–water partition coefficient (Wildman–Crippen LogP) is 2.40. The second-order valence-electron chi connectivity index (χ2n) is 6.96. The van der Waals surface area contributed by atoms with Crippen LogP contribution < -0.4 is 5.32 Å². The summed E-state index contributed by atoms with van der Waals surface area (Å²) in [5, 5.41) is 14.1. The monoisotopic (exact) mass is 391 g/mol. The molecule has 144 valence electrons. The summed E-state index contributed by atoms with van der Waals surface area (Å²) in [5.41, 5.74) is -1.08. The molecule has 1 atom stereocenters. The minimum atomic E-state index is -4.94. The fraction of sp³-hybridized carbons (Fsp3) is 0.533. The second-order valence-corrected chi connectivity index (χ2v) is 8.88. The Morgan fingerprint density at radius 1 is 1.35 bits per heavy atom. The Morgan fingerprint density at radius 3 is 2.42 bits per heavy atom. The topological polar surface area (TPSA) is 110 Å². The standard InChI is InChI=1S/C15H19F2N3O5S/c1-15(2,3)19-8-9(6-13(19)21)18-11-5-4-10(7-12(11)20(22)23)26(24,25)14(16)17/h4-5,7,9,14,18H,6,8H2,1-3H3. The number of nitrogens with zero attached hydrogens (tertiary/aromatic N) is 2. The van der Waals surface area contributed by atoms with Crippen LogP contribution >= 0.6 is 0 Å². The molecule has 1 aliphatic heterocycles. The van der Waals surface area contributed by atoms with E-state index in [9.17, 15) is 32.1 Å². The van der Waals surface area contributed by atoms with Gasteiger partial charge in [0.2, 0.25) is 15.7 Å². The molecule has 1 saturated heterocycles. The van der Waals surface area contributed by atoms with Crippen LogP contribution in [0.5, 0.6) is 0 Å². The van der Waals surface area contributed by atoms with E-state index in [4.69, 9.17) is 0 Å². The number of benzene rings is 1. The molecule has 1 unspecified atom stereocenters. The van der Waals surface area contributed by atoms with Gasteiger partial charge in [0.25, 0.3) is 5.69 Å². The van der Waals surface area contributed by atoms with Crippen LogP contribution in [0.4, 0.5) is 20.2 Å². The summed E-state index contributed by atoms with van der Waals surface area (Å²) in [7, 11) is -4.94. The SMILES string of the molecule is CC(C)(C)N1CC(Nc2ccc(S(=O)(=O)C(F)F)cc2[N+](=O)[O-])CC1=O. The number of sulfone groups is 1. The maximum Gasteiger partial charge on any atom is 0.341 e. The maximum absolute atomic E-state index is 12.6. The van der Waals surface area contributed by atoms with Gasteiger partial charge in [-0.15, -0.1) is 0 Å². The highest BCUT2D eigenvalue weighted by Gasteiger charge is 2.37. The number of likely N-dealkylation sites (tertiary alicyclic amines) is 1. The number of halogens is 2. The van der Waals surface area contributed by atoms with Crippen molar-refractivity contribution in [1.29, 1.82) is 0 Å². The van der Waals surface area contributed by atoms with E-state index in [0.717, 1.165) is 12.1 Å². The number of rotatable bonds is 5. The molecule has 2 rings (SSSR count). The van der Waals surface area contributed by atoms with Gasteiger partial charge < -0.3 is 10.2 Å². The molecule has 0 spiro atoms. The molecule has 1 aromatic carbocycles. The molecule has 0 aromatic heterocycles. The Kier molecular flexibility index (Phi) is 5.22. The minimum absolute atomic E-state index is 0.0308. The van der Waals surface area contributed by atoms with Gasteiger partial charge in [0.1, 0.15) is 5.69 Å². The van der Waals surface area contributed by atoms with Crippen molar-refractivity contribution in [3.05, 3.63) is 28.3 Å². The number of amides is 1. The Bertz CT molecular complexity index is 836. The number of hydrogen-bond acceptors (Lipinski definition) is 6. The van der Waals surface area contributed by atoms with Crippen LogP contribution in [0.3, 0.4) is 0 Å². The fourth-order valence-electron chi connectivity index (χ4n) is 2.74. The van der Waals surface area contributed by atoms with E-state index >= 15 is 0 Å². The van der Waals surface area contributed by atoms with Gasteiger partial charge in [0, 0.05) is 24.6 Å². The Hall–Kier alpha value is -2.30. The highest BCUT2D eigenvalue weighted by atomic mass is 32.2. The third-order valence-electron chi connectivity index (χ3n) is 4.02. The van der Waals surface area contributed by atoms with Crippen LogP contribution in [0.1, 0.15) is 27.2 Å². The lowest BCUT2D eigenvalue weighted by Crippen LogP contribution is -2.43. The van der Waals surface area contributed by atoms with Crippen LogP contribution in [0, 0.1) is 10.1 Å². The molecular weight excluding hydrogens is 372 g/mol. The van der Waals surface area contributed by atoms with Gasteiger partial charge in [-0.2, -0.15) is 8.78 Å². The van der Waals surface area contributed by atoms with Gasteiger partial charge in [-0.25, -0.2) is 8.42 Å². The highest BCUT2D eigenvalue weighted by molar-refractivity contribution is 7.91. The molecule has 0 bridgehead atoms. The number of anilines is 1. The van der Waals surface area contributed by atoms with E-state index in [2.05, 4.69) is 5.32 Å². The third-order valence-corrected chi connectivity index (χ3v) is 5.40. The van der Waals surface area contributed by atoms with Gasteiger partial charge in [0.15, 0.2) is 0 Å². The summed E-state index contributed by atoms with van der Waals surface area (Å²) in [4.78, 5) is 23.3. The Balaban J connectivity index is 2.31. The average Bonchev–Trinajstić information content (AvgIpc) is 2.87. The number of nitro groups is 1. The summed E-state index contributed by atoms with van der Waals surface area (Å²) in [5.74, 6) is -3.79. The average molecular weight is 391 g/mol. The lowest BCUT2D eigenvalue weighted by molar-refractivity contribution is -0.384. The van der Waals surface area contributed by atoms with Gasteiger partial charge in [0.05, 0.1) is 15.9 Å². The number of hydrogen-bond donors (Lipinski definition) is 1. The first-order valence-corrected chi connectivity index (χ1v) is 9.26. The first kappa shape index (κ1) is 20.0. The van der Waals surface area contributed by atoms with Crippen molar-refractivity contribution in [1.82, 2.24) is 4.90 Å². The zero-order valence-corrected chi connectivity index (χ0v) is 15.2. The molecule has 1 amide bonds. The highest BCUT2D eigenvalue weighted by Crippen LogP contribution is 2.32. The molecule has 1 N–H and O–H groups in total. The van der Waals surface area contributed by atoms with E-state index in [1.807, 2.05) is 20.8 Å². The number of carbonyl (C=O) groups excluding carboxylic acids is 1. The lowest BCUT2D eigenvalue weighted by atomic mass is 10.1. The van der Waals surface area contributed by atoms with Crippen molar-refractivity contribution in [2.24, 2.45) is 0 Å². The molecule has 8 nitrogen and oxygen atoms in total. The zero-order chi connectivity index (χ0) is 19.9. The molecule has 1 aromatic rings. The molecule has 0 radical (unpaired) electrons. The van der Waals surface area contributed by atoms with Crippen LogP contribution in [0.2, 0.25) is 0 Å². The summed E-state index contributed by atoms with van der Waals surface area (Å²) >= 11 is 0. The summed E-state index contributed by atoms with van der Waals surface area (Å²) < 4.78 is 48.3. The van der Waals surface area contributed by atoms with Crippen molar-refractivity contribution in [2.45, 2.75) is 49.4 Å². The van der Waals surface area contributed by atoms with Crippen molar-refractivity contribution in [3.8, 4) is 0 Å². The zero-order valence-electron chi connectivity index (χ0n) is 14.4. The molecular formula is C15H19F2N3O5S. The third kappa shape index (κ3) is 3.92. The molecule has 0 aliphatic carbocycles. The lowest BCUT2D eigenvalue weighted by Gasteiger charge is -2.32. The quantitative estimate of drug-likeness (QED) is 0.610. The Morgan fingerprint density at radius 2 is 1.96 bits per heavy atom. The van der Waals surface area contributed by atoms with E-state index in [1.165, 1.54) is 0 Å². The number of carbonyl (C=O) groups is 1. The molecule has 26 heavy (non-hydrogen) atoms. The molecule has 0 saturated carbocycles. The van der Waals surface area contributed by atoms with Crippen LogP contribution in [0.25, 0.3) is 0 Å². The van der Waals surface area contributed by atoms with E-state index in [0.29, 0.717) is 12.6 Å². The van der Waals surface area contributed by atoms with Crippen molar-refractivity contribution >= 4 is 27.1 Å². The van der Waals surface area contributed by atoms with E-state index in [-0.39, 0.29) is 18.0 Å². The molecule has 1 aliphatic rings. The second kappa shape index (κ2) is 6.78. The predicted molar refractivity (Wildman–Crippen MR) is 89.8 cm³/mol. The molecule has 1 fully saturated rings. The first-order chi connectivity index (χ1) is 11.8. The smallest absolute Gasteiger partial charge is 0.341 e. The van der Waals surface area contributed by atoms with E-state index in [1.54, 1.807) is 4.90 Å². The van der Waals surface area contributed by atoms with Gasteiger partial charge in [-0.3, -0.25) is 14.9 Å². The van der Waals surface area contributed by atoms with Crippen molar-refractivity contribution < 1.29 is 26.9 Å². The summed E-state index contributed by atoms with van der Waals surface area (Å²) in [6.07, 6.45) is 0.117. The maximum atomic E-state index is 12.6. The van der Waals surface area contributed by atoms with Crippen LogP contribution in [-0.2, 0) is 14.6 Å². The number of nitro benzene ring substituents is 1. The summed E-state index contributed by atoms with van der Waals surface area (Å²) in [6, 6.07) is 2.13. The van der Waals surface area contributed by atoms with Crippen molar-refractivity contribution in [3.63, 3.8) is 0 Å².